The number of aromatic nitrogens is 2. The summed E-state index contributed by atoms with van der Waals surface area (Å²) < 4.78 is 27.1. The van der Waals surface area contributed by atoms with E-state index in [1.807, 2.05) is 6.92 Å². The molecule has 3 N–H and O–H groups in total. The third-order valence-electron chi connectivity index (χ3n) is 2.59. The van der Waals surface area contributed by atoms with E-state index in [1.165, 1.54) is 6.20 Å². The fraction of sp³-hybridized carbons (Fsp3) is 0.250. The summed E-state index contributed by atoms with van der Waals surface area (Å²) in [5, 5.41) is 9.88. The summed E-state index contributed by atoms with van der Waals surface area (Å²) in [6.45, 7) is 3.11. The molecule has 2 aromatic rings. The zero-order valence-corrected chi connectivity index (χ0v) is 12.4. The highest BCUT2D eigenvalue weighted by Gasteiger charge is 2.20. The number of sulfonamides is 1. The maximum absolute atomic E-state index is 12.3. The average molecular weight is 315 g/mol. The first-order valence-corrected chi connectivity index (χ1v) is 7.90. The molecule has 0 aliphatic rings. The Bertz CT molecular complexity index is 684. The van der Waals surface area contributed by atoms with E-state index >= 15 is 0 Å². The molecule has 0 spiro atoms. The predicted molar refractivity (Wildman–Crippen MR) is 78.2 cm³/mol. The Labute approximate surface area is 122 Å². The van der Waals surface area contributed by atoms with Crippen molar-refractivity contribution in [3.8, 4) is 0 Å². The van der Waals surface area contributed by atoms with Crippen molar-refractivity contribution in [2.24, 2.45) is 0 Å². The number of rotatable bonds is 6. The second-order valence-corrected chi connectivity index (χ2v) is 6.18. The van der Waals surface area contributed by atoms with E-state index in [-0.39, 0.29) is 5.03 Å². The van der Waals surface area contributed by atoms with E-state index in [9.17, 15) is 8.42 Å². The molecule has 0 atom stereocenters. The van der Waals surface area contributed by atoms with Gasteiger partial charge in [0, 0.05) is 17.1 Å². The Morgan fingerprint density at radius 1 is 1.40 bits per heavy atom. The van der Waals surface area contributed by atoms with Gasteiger partial charge in [-0.15, -0.1) is 0 Å². The van der Waals surface area contributed by atoms with Crippen LogP contribution in [0.25, 0.3) is 0 Å². The van der Waals surface area contributed by atoms with Crippen LogP contribution in [0.15, 0.2) is 35.5 Å². The first-order chi connectivity index (χ1) is 9.53. The second-order valence-electron chi connectivity index (χ2n) is 4.12. The van der Waals surface area contributed by atoms with Gasteiger partial charge in [-0.1, -0.05) is 24.6 Å². The molecule has 20 heavy (non-hydrogen) atoms. The van der Waals surface area contributed by atoms with Crippen LogP contribution in [0, 0.1) is 0 Å². The number of hydrogen-bond acceptors (Lipinski definition) is 4. The Morgan fingerprint density at radius 3 is 2.90 bits per heavy atom. The van der Waals surface area contributed by atoms with Gasteiger partial charge in [0.25, 0.3) is 10.0 Å². The van der Waals surface area contributed by atoms with Crippen molar-refractivity contribution >= 4 is 27.3 Å². The van der Waals surface area contributed by atoms with E-state index in [0.717, 1.165) is 6.54 Å². The summed E-state index contributed by atoms with van der Waals surface area (Å²) in [7, 11) is -3.71. The maximum Gasteiger partial charge on any atom is 0.279 e. The first kappa shape index (κ1) is 14.8. The maximum atomic E-state index is 12.3. The van der Waals surface area contributed by atoms with Gasteiger partial charge in [0.05, 0.1) is 11.9 Å². The summed E-state index contributed by atoms with van der Waals surface area (Å²) in [5.74, 6) is 0. The third-order valence-corrected chi connectivity index (χ3v) is 4.22. The Balaban J connectivity index is 2.24. The van der Waals surface area contributed by atoms with E-state index in [4.69, 9.17) is 11.6 Å². The summed E-state index contributed by atoms with van der Waals surface area (Å²) in [6, 6.07) is 6.52. The molecule has 0 aliphatic heterocycles. The lowest BCUT2D eigenvalue weighted by Crippen LogP contribution is -2.18. The molecule has 0 saturated heterocycles. The summed E-state index contributed by atoms with van der Waals surface area (Å²) in [4.78, 5) is 0. The minimum atomic E-state index is -3.71. The quantitative estimate of drug-likeness (QED) is 0.761. The van der Waals surface area contributed by atoms with Crippen LogP contribution >= 0.6 is 11.6 Å². The number of nitrogens with zero attached hydrogens (tertiary/aromatic N) is 1. The Kier molecular flexibility index (Phi) is 4.64. The first-order valence-electron chi connectivity index (χ1n) is 6.04. The molecule has 108 valence electrons. The zero-order valence-electron chi connectivity index (χ0n) is 10.9. The van der Waals surface area contributed by atoms with E-state index in [1.54, 1.807) is 24.3 Å². The average Bonchev–Trinajstić information content (AvgIpc) is 2.85. The second kappa shape index (κ2) is 6.25. The molecule has 0 bridgehead atoms. The molecule has 1 aromatic heterocycles. The van der Waals surface area contributed by atoms with Crippen molar-refractivity contribution in [3.05, 3.63) is 41.0 Å². The minimum Gasteiger partial charge on any atom is -0.313 e. The standard InChI is InChI=1S/C12H15ClN4O2S/c1-2-14-7-9-8-15-16-12(9)20(18,19)17-11-5-3-4-10(13)6-11/h3-6,8,14,17H,2,7H2,1H3,(H,15,16). The SMILES string of the molecule is CCNCc1cn[nH]c1S(=O)(=O)Nc1cccc(Cl)c1. The molecule has 0 fully saturated rings. The molecular weight excluding hydrogens is 300 g/mol. The number of aromatic amines is 1. The lowest BCUT2D eigenvalue weighted by Gasteiger charge is -2.08. The van der Waals surface area contributed by atoms with Crippen LogP contribution in [-0.2, 0) is 16.6 Å². The van der Waals surface area contributed by atoms with E-state index in [2.05, 4.69) is 20.2 Å². The van der Waals surface area contributed by atoms with Crippen molar-refractivity contribution in [3.63, 3.8) is 0 Å². The number of anilines is 1. The number of nitrogens with one attached hydrogen (secondary N) is 3. The molecule has 2 rings (SSSR count). The van der Waals surface area contributed by atoms with Gasteiger partial charge < -0.3 is 5.32 Å². The van der Waals surface area contributed by atoms with Gasteiger partial charge in [0.2, 0.25) is 0 Å². The highest BCUT2D eigenvalue weighted by molar-refractivity contribution is 7.92. The molecule has 0 saturated carbocycles. The number of hydrogen-bond donors (Lipinski definition) is 3. The van der Waals surface area contributed by atoms with Gasteiger partial charge in [0.1, 0.15) is 0 Å². The van der Waals surface area contributed by atoms with Gasteiger partial charge in [-0.2, -0.15) is 13.5 Å². The molecule has 0 unspecified atom stereocenters. The zero-order chi connectivity index (χ0) is 14.6. The Hall–Kier alpha value is -1.57. The van der Waals surface area contributed by atoms with Gasteiger partial charge in [0.15, 0.2) is 5.03 Å². The predicted octanol–water partition coefficient (Wildman–Crippen LogP) is 1.97. The van der Waals surface area contributed by atoms with Crippen LogP contribution in [0.4, 0.5) is 5.69 Å². The molecule has 6 nitrogen and oxygen atoms in total. The number of H-pyrrole nitrogens is 1. The van der Waals surface area contributed by atoms with Crippen molar-refractivity contribution < 1.29 is 8.42 Å². The smallest absolute Gasteiger partial charge is 0.279 e. The molecule has 8 heteroatoms. The van der Waals surface area contributed by atoms with Gasteiger partial charge in [-0.3, -0.25) is 9.82 Å². The molecule has 0 aliphatic carbocycles. The van der Waals surface area contributed by atoms with Gasteiger partial charge >= 0.3 is 0 Å². The minimum absolute atomic E-state index is 0.0541. The lowest BCUT2D eigenvalue weighted by molar-refractivity contribution is 0.594. The van der Waals surface area contributed by atoms with Crippen molar-refractivity contribution in [2.45, 2.75) is 18.5 Å². The number of benzene rings is 1. The van der Waals surface area contributed by atoms with E-state index < -0.39 is 10.0 Å². The lowest BCUT2D eigenvalue weighted by atomic mass is 10.3. The highest BCUT2D eigenvalue weighted by atomic mass is 35.5. The largest absolute Gasteiger partial charge is 0.313 e. The fourth-order valence-electron chi connectivity index (χ4n) is 1.68. The molecule has 0 amide bonds. The third kappa shape index (κ3) is 3.50. The van der Waals surface area contributed by atoms with Crippen LogP contribution in [-0.4, -0.2) is 25.2 Å². The summed E-state index contributed by atoms with van der Waals surface area (Å²) in [6.07, 6.45) is 1.50. The normalized spacial score (nSPS) is 11.5. The van der Waals surface area contributed by atoms with Crippen LogP contribution < -0.4 is 10.0 Å². The van der Waals surface area contributed by atoms with Crippen LogP contribution in [0.2, 0.25) is 5.02 Å². The van der Waals surface area contributed by atoms with Gasteiger partial charge in [-0.25, -0.2) is 0 Å². The molecule has 1 aromatic carbocycles. The van der Waals surface area contributed by atoms with Crippen LogP contribution in [0.5, 0.6) is 0 Å². The molecule has 1 heterocycles. The van der Waals surface area contributed by atoms with Crippen LogP contribution in [0.1, 0.15) is 12.5 Å². The molecule has 0 radical (unpaired) electrons. The number of halogens is 1. The van der Waals surface area contributed by atoms with Crippen LogP contribution in [0.3, 0.4) is 0 Å². The Morgan fingerprint density at radius 2 is 2.20 bits per heavy atom. The summed E-state index contributed by atoms with van der Waals surface area (Å²) in [5.41, 5.74) is 0.989. The molecular formula is C12H15ClN4O2S. The topological polar surface area (TPSA) is 86.9 Å². The van der Waals surface area contributed by atoms with E-state index in [0.29, 0.717) is 22.8 Å². The summed E-state index contributed by atoms with van der Waals surface area (Å²) >= 11 is 5.83. The monoisotopic (exact) mass is 314 g/mol. The van der Waals surface area contributed by atoms with Gasteiger partial charge in [-0.05, 0) is 24.7 Å². The highest BCUT2D eigenvalue weighted by Crippen LogP contribution is 2.20. The fourth-order valence-corrected chi connectivity index (χ4v) is 3.05. The van der Waals surface area contributed by atoms with Crippen molar-refractivity contribution in [1.29, 1.82) is 0 Å². The van der Waals surface area contributed by atoms with Crippen molar-refractivity contribution in [2.75, 3.05) is 11.3 Å². The van der Waals surface area contributed by atoms with Crippen molar-refractivity contribution in [1.82, 2.24) is 15.5 Å².